The molecule has 0 aromatic rings. The summed E-state index contributed by atoms with van der Waals surface area (Å²) in [6, 6.07) is 0. The van der Waals surface area contributed by atoms with E-state index in [1.165, 1.54) is 89.9 Å². The Morgan fingerprint density at radius 2 is 1.04 bits per heavy atom. The molecule has 1 heterocycles. The molecular weight excluding hydrogens is 372 g/mol. The molecule has 1 aliphatic heterocycles. The molecule has 0 radical (unpaired) electrons. The van der Waals surface area contributed by atoms with Crippen LogP contribution < -0.4 is 0 Å². The van der Waals surface area contributed by atoms with Crippen molar-refractivity contribution in [1.29, 1.82) is 0 Å². The Balaban J connectivity index is 1.81. The lowest BCUT2D eigenvalue weighted by Crippen LogP contribution is -2.27. The van der Waals surface area contributed by atoms with Crippen LogP contribution >= 0.6 is 0 Å². The first-order valence-electron chi connectivity index (χ1n) is 11.9. The van der Waals surface area contributed by atoms with Crippen LogP contribution in [0.15, 0.2) is 0 Å². The third-order valence-electron chi connectivity index (χ3n) is 5.84. The van der Waals surface area contributed by atoms with Gasteiger partial charge in [0.2, 0.25) is 0 Å². The third-order valence-corrected chi connectivity index (χ3v) is 6.64. The lowest BCUT2D eigenvalue weighted by molar-refractivity contribution is 0.242. The van der Waals surface area contributed by atoms with Crippen molar-refractivity contribution in [2.24, 2.45) is 0 Å². The van der Waals surface area contributed by atoms with E-state index in [9.17, 15) is 8.42 Å². The Bertz CT molecular complexity index is 457. The minimum atomic E-state index is -3.81. The normalized spacial score (nSPS) is 16.2. The number of hydrogen-bond donors (Lipinski definition) is 1. The Morgan fingerprint density at radius 1 is 0.643 bits per heavy atom. The highest BCUT2D eigenvalue weighted by atomic mass is 32.2. The van der Waals surface area contributed by atoms with Crippen LogP contribution in [-0.4, -0.2) is 61.4 Å². The van der Waals surface area contributed by atoms with Crippen molar-refractivity contribution < 1.29 is 13.0 Å². The van der Waals surface area contributed by atoms with Gasteiger partial charge in [-0.25, -0.2) is 0 Å². The molecule has 1 saturated heterocycles. The van der Waals surface area contributed by atoms with Crippen LogP contribution in [0.2, 0.25) is 0 Å². The largest absolute Gasteiger partial charge is 0.289 e. The van der Waals surface area contributed by atoms with Gasteiger partial charge in [0.25, 0.3) is 10.1 Å². The van der Waals surface area contributed by atoms with Crippen molar-refractivity contribution in [3.63, 3.8) is 0 Å². The minimum Gasteiger partial charge on any atom is -0.289 e. The highest BCUT2D eigenvalue weighted by Crippen LogP contribution is 2.14. The molecule has 168 valence electrons. The Labute approximate surface area is 175 Å². The highest BCUT2D eigenvalue weighted by molar-refractivity contribution is 7.85. The van der Waals surface area contributed by atoms with Crippen molar-refractivity contribution in [1.82, 2.24) is 9.80 Å². The van der Waals surface area contributed by atoms with Gasteiger partial charge >= 0.3 is 0 Å². The third kappa shape index (κ3) is 15.7. The van der Waals surface area contributed by atoms with Crippen molar-refractivity contribution in [3.8, 4) is 0 Å². The van der Waals surface area contributed by atoms with Gasteiger partial charge in [0, 0.05) is 19.6 Å². The summed E-state index contributed by atoms with van der Waals surface area (Å²) in [5.41, 5.74) is 0. The van der Waals surface area contributed by atoms with Gasteiger partial charge < -0.3 is 0 Å². The average Bonchev–Trinajstić information content (AvgIpc) is 3.08. The molecule has 0 bridgehead atoms. The molecule has 0 aliphatic carbocycles. The summed E-state index contributed by atoms with van der Waals surface area (Å²) in [7, 11) is -3.81. The lowest BCUT2D eigenvalue weighted by Gasteiger charge is -2.17. The van der Waals surface area contributed by atoms with Gasteiger partial charge in [-0.05, 0) is 19.4 Å². The molecule has 0 aromatic heterocycles. The van der Waals surface area contributed by atoms with Gasteiger partial charge in [-0.1, -0.05) is 90.4 Å². The highest BCUT2D eigenvalue weighted by Gasteiger charge is 2.19. The fourth-order valence-electron chi connectivity index (χ4n) is 4.07. The molecule has 0 unspecified atom stereocenters. The number of rotatable bonds is 19. The second-order valence-corrected chi connectivity index (χ2v) is 10.2. The molecule has 0 spiro atoms. The topological polar surface area (TPSA) is 60.9 Å². The zero-order valence-electron chi connectivity index (χ0n) is 18.4. The molecule has 1 rings (SSSR count). The first-order chi connectivity index (χ1) is 13.5. The first kappa shape index (κ1) is 25.9. The van der Waals surface area contributed by atoms with E-state index in [1.807, 2.05) is 0 Å². The maximum atomic E-state index is 10.8. The predicted molar refractivity (Wildman–Crippen MR) is 119 cm³/mol. The quantitative estimate of drug-likeness (QED) is 0.227. The summed E-state index contributed by atoms with van der Waals surface area (Å²) in [5, 5.41) is 0. The van der Waals surface area contributed by atoms with E-state index in [4.69, 9.17) is 4.55 Å². The van der Waals surface area contributed by atoms with E-state index in [1.54, 1.807) is 0 Å². The second kappa shape index (κ2) is 16.6. The monoisotopic (exact) mass is 418 g/mol. The van der Waals surface area contributed by atoms with Gasteiger partial charge in [0.05, 0.1) is 12.4 Å². The molecule has 0 atom stereocenters. The molecule has 0 aromatic carbocycles. The summed E-state index contributed by atoms with van der Waals surface area (Å²) in [5.74, 6) is -0.123. The zero-order valence-corrected chi connectivity index (χ0v) is 19.2. The summed E-state index contributed by atoms with van der Waals surface area (Å²) in [6.45, 7) is 7.25. The van der Waals surface area contributed by atoms with E-state index in [2.05, 4.69) is 16.7 Å². The Hall–Kier alpha value is -0.170. The first-order valence-corrected chi connectivity index (χ1v) is 13.5. The van der Waals surface area contributed by atoms with Gasteiger partial charge in [0.1, 0.15) is 0 Å². The molecule has 6 heteroatoms. The van der Waals surface area contributed by atoms with E-state index < -0.39 is 10.1 Å². The van der Waals surface area contributed by atoms with Gasteiger partial charge in [-0.15, -0.1) is 0 Å². The molecule has 0 saturated carbocycles. The zero-order chi connectivity index (χ0) is 20.5. The smallest absolute Gasteiger partial charge is 0.264 e. The standard InChI is InChI=1S/C22H46N2O3S/c1-2-3-4-5-6-7-8-9-10-11-12-13-14-15-17-23-19-20-24(22-23)18-16-21-28(25,26)27/h2-22H2,1H3,(H,25,26,27). The minimum absolute atomic E-state index is 0.123. The number of unbranched alkanes of at least 4 members (excludes halogenated alkanes) is 13. The summed E-state index contributed by atoms with van der Waals surface area (Å²) < 4.78 is 30.3. The van der Waals surface area contributed by atoms with Crippen LogP contribution in [0, 0.1) is 0 Å². The van der Waals surface area contributed by atoms with Crippen LogP contribution in [0.3, 0.4) is 0 Å². The van der Waals surface area contributed by atoms with Gasteiger partial charge in [-0.2, -0.15) is 8.42 Å². The van der Waals surface area contributed by atoms with Crippen molar-refractivity contribution in [2.75, 3.05) is 38.6 Å². The van der Waals surface area contributed by atoms with Crippen LogP contribution in [0.25, 0.3) is 0 Å². The maximum Gasteiger partial charge on any atom is 0.264 e. The Kier molecular flexibility index (Phi) is 15.3. The van der Waals surface area contributed by atoms with Gasteiger partial charge in [-0.3, -0.25) is 14.4 Å². The number of hydrogen-bond acceptors (Lipinski definition) is 4. The van der Waals surface area contributed by atoms with Crippen molar-refractivity contribution in [3.05, 3.63) is 0 Å². The van der Waals surface area contributed by atoms with E-state index in [0.717, 1.165) is 32.8 Å². The van der Waals surface area contributed by atoms with Crippen molar-refractivity contribution >= 4 is 10.1 Å². The molecule has 0 amide bonds. The molecule has 1 N–H and O–H groups in total. The predicted octanol–water partition coefficient (Wildman–Crippen LogP) is 5.32. The van der Waals surface area contributed by atoms with Gasteiger partial charge in [0.15, 0.2) is 0 Å². The maximum absolute atomic E-state index is 10.8. The molecular formula is C22H46N2O3S. The molecule has 28 heavy (non-hydrogen) atoms. The Morgan fingerprint density at radius 3 is 1.46 bits per heavy atom. The summed E-state index contributed by atoms with van der Waals surface area (Å²) in [4.78, 5) is 4.75. The molecule has 1 fully saturated rings. The van der Waals surface area contributed by atoms with Crippen LogP contribution in [0.4, 0.5) is 0 Å². The SMILES string of the molecule is CCCCCCCCCCCCCCCCN1CCN(CCCS(=O)(=O)O)C1. The van der Waals surface area contributed by atoms with E-state index in [0.29, 0.717) is 6.42 Å². The average molecular weight is 419 g/mol. The van der Waals surface area contributed by atoms with E-state index in [-0.39, 0.29) is 5.75 Å². The molecule has 5 nitrogen and oxygen atoms in total. The fourth-order valence-corrected chi connectivity index (χ4v) is 4.57. The summed E-state index contributed by atoms with van der Waals surface area (Å²) in [6.07, 6.45) is 20.1. The lowest BCUT2D eigenvalue weighted by atomic mass is 10.0. The second-order valence-electron chi connectivity index (χ2n) is 8.61. The van der Waals surface area contributed by atoms with Crippen molar-refractivity contribution in [2.45, 2.75) is 103 Å². The summed E-state index contributed by atoms with van der Waals surface area (Å²) >= 11 is 0. The fraction of sp³-hybridized carbons (Fsp3) is 1.00. The number of nitrogens with zero attached hydrogens (tertiary/aromatic N) is 2. The van der Waals surface area contributed by atoms with E-state index >= 15 is 0 Å². The molecule has 1 aliphatic rings. The van der Waals surface area contributed by atoms with Crippen LogP contribution in [0.1, 0.15) is 103 Å². The van der Waals surface area contributed by atoms with Crippen LogP contribution in [-0.2, 0) is 10.1 Å². The van der Waals surface area contributed by atoms with Crippen LogP contribution in [0.5, 0.6) is 0 Å².